The molecule has 60 valence electrons. The number of halogens is 1. The molecule has 0 saturated heterocycles. The first-order valence-corrected chi connectivity index (χ1v) is 3.40. The van der Waals surface area contributed by atoms with Crippen molar-refractivity contribution in [3.63, 3.8) is 0 Å². The van der Waals surface area contributed by atoms with Gasteiger partial charge in [0.2, 0.25) is 0 Å². The van der Waals surface area contributed by atoms with E-state index in [9.17, 15) is 5.11 Å². The van der Waals surface area contributed by atoms with E-state index in [2.05, 4.69) is 10.3 Å². The summed E-state index contributed by atoms with van der Waals surface area (Å²) in [6, 6.07) is 4.83. The van der Waals surface area contributed by atoms with Crippen LogP contribution in [0, 0.1) is 0 Å². The van der Waals surface area contributed by atoms with E-state index < -0.39 is 0 Å². The Balaban J connectivity index is 3.00. The molecule has 0 aliphatic heterocycles. The molecule has 1 aromatic carbocycles. The van der Waals surface area contributed by atoms with Crippen molar-refractivity contribution in [1.82, 2.24) is 0 Å². The van der Waals surface area contributed by atoms with E-state index >= 15 is 0 Å². The van der Waals surface area contributed by atoms with Crippen LogP contribution in [0.1, 0.15) is 0 Å². The molecule has 0 aliphatic rings. The standard InChI is InChI=1S/C7H8ClNO2/c1-11-9-7-5(8)3-2-4-6(7)10/h2-4,9-10H,1H3. The number of hydrogen-bond acceptors (Lipinski definition) is 3. The number of phenols is 1. The van der Waals surface area contributed by atoms with Crippen LogP contribution in [0.5, 0.6) is 5.75 Å². The fourth-order valence-electron chi connectivity index (χ4n) is 0.716. The lowest BCUT2D eigenvalue weighted by atomic mass is 10.3. The number of hydrogen-bond donors (Lipinski definition) is 2. The molecule has 0 heterocycles. The van der Waals surface area contributed by atoms with Crippen LogP contribution in [0.2, 0.25) is 5.02 Å². The van der Waals surface area contributed by atoms with Crippen LogP contribution in [-0.2, 0) is 4.84 Å². The summed E-state index contributed by atoms with van der Waals surface area (Å²) in [4.78, 5) is 4.60. The van der Waals surface area contributed by atoms with Crippen molar-refractivity contribution in [3.8, 4) is 5.75 Å². The third-order valence-corrected chi connectivity index (χ3v) is 1.51. The van der Waals surface area contributed by atoms with Crippen LogP contribution in [0.4, 0.5) is 5.69 Å². The first-order valence-electron chi connectivity index (χ1n) is 3.02. The predicted molar refractivity (Wildman–Crippen MR) is 43.7 cm³/mol. The molecular formula is C7H8ClNO2. The largest absolute Gasteiger partial charge is 0.506 e. The summed E-state index contributed by atoms with van der Waals surface area (Å²) in [5, 5.41) is 9.62. The minimum Gasteiger partial charge on any atom is -0.506 e. The lowest BCUT2D eigenvalue weighted by molar-refractivity contribution is 0.268. The molecule has 1 rings (SSSR count). The quantitative estimate of drug-likeness (QED) is 0.531. The number of anilines is 1. The van der Waals surface area contributed by atoms with Gasteiger partial charge in [-0.25, -0.2) is 0 Å². The van der Waals surface area contributed by atoms with Gasteiger partial charge in [-0.05, 0) is 12.1 Å². The summed E-state index contributed by atoms with van der Waals surface area (Å²) in [6.07, 6.45) is 0. The van der Waals surface area contributed by atoms with Gasteiger partial charge in [0.05, 0.1) is 12.1 Å². The number of phenolic OH excluding ortho intramolecular Hbond substituents is 1. The fourth-order valence-corrected chi connectivity index (χ4v) is 0.924. The highest BCUT2D eigenvalue weighted by Crippen LogP contribution is 2.30. The van der Waals surface area contributed by atoms with Gasteiger partial charge in [0, 0.05) is 0 Å². The van der Waals surface area contributed by atoms with Crippen molar-refractivity contribution < 1.29 is 9.94 Å². The summed E-state index contributed by atoms with van der Waals surface area (Å²) >= 11 is 5.71. The maximum absolute atomic E-state index is 9.20. The normalized spacial score (nSPS) is 9.64. The topological polar surface area (TPSA) is 41.5 Å². The van der Waals surface area contributed by atoms with Crippen LogP contribution in [-0.4, -0.2) is 12.2 Å². The summed E-state index contributed by atoms with van der Waals surface area (Å²) in [5.74, 6) is 0.0688. The molecule has 2 N–H and O–H groups in total. The van der Waals surface area contributed by atoms with Crippen molar-refractivity contribution in [1.29, 1.82) is 0 Å². The fraction of sp³-hybridized carbons (Fsp3) is 0.143. The lowest BCUT2D eigenvalue weighted by Crippen LogP contribution is -1.96. The molecular weight excluding hydrogens is 166 g/mol. The Kier molecular flexibility index (Phi) is 2.57. The zero-order valence-electron chi connectivity index (χ0n) is 5.97. The Bertz CT molecular complexity index is 232. The Morgan fingerprint density at radius 2 is 2.27 bits per heavy atom. The molecule has 0 aliphatic carbocycles. The molecule has 0 saturated carbocycles. The van der Waals surface area contributed by atoms with Gasteiger partial charge in [0.1, 0.15) is 11.4 Å². The van der Waals surface area contributed by atoms with Gasteiger partial charge >= 0.3 is 0 Å². The van der Waals surface area contributed by atoms with Crippen LogP contribution >= 0.6 is 11.6 Å². The maximum atomic E-state index is 9.20. The molecule has 0 atom stereocenters. The van der Waals surface area contributed by atoms with Gasteiger partial charge in [-0.1, -0.05) is 17.7 Å². The Labute approximate surface area is 69.5 Å². The summed E-state index contributed by atoms with van der Waals surface area (Å²) in [7, 11) is 1.45. The second-order valence-corrected chi connectivity index (χ2v) is 2.35. The third-order valence-electron chi connectivity index (χ3n) is 1.20. The molecule has 0 bridgehead atoms. The zero-order chi connectivity index (χ0) is 8.27. The molecule has 1 aromatic rings. The van der Waals surface area contributed by atoms with E-state index in [-0.39, 0.29) is 5.75 Å². The zero-order valence-corrected chi connectivity index (χ0v) is 6.72. The van der Waals surface area contributed by atoms with Gasteiger partial charge in [0.25, 0.3) is 0 Å². The van der Waals surface area contributed by atoms with E-state index in [1.807, 2.05) is 0 Å². The second-order valence-electron chi connectivity index (χ2n) is 1.94. The molecule has 0 fully saturated rings. The summed E-state index contributed by atoms with van der Waals surface area (Å²) < 4.78 is 0. The minimum absolute atomic E-state index is 0.0688. The second kappa shape index (κ2) is 3.46. The molecule has 4 heteroatoms. The molecule has 11 heavy (non-hydrogen) atoms. The van der Waals surface area contributed by atoms with E-state index in [4.69, 9.17) is 11.6 Å². The van der Waals surface area contributed by atoms with Crippen molar-refractivity contribution in [2.75, 3.05) is 12.6 Å². The SMILES string of the molecule is CONc1c(O)cccc1Cl. The first-order chi connectivity index (χ1) is 5.25. The first kappa shape index (κ1) is 8.17. The molecule has 0 aromatic heterocycles. The van der Waals surface area contributed by atoms with Crippen molar-refractivity contribution in [2.45, 2.75) is 0 Å². The number of aromatic hydroxyl groups is 1. The molecule has 3 nitrogen and oxygen atoms in total. The van der Waals surface area contributed by atoms with E-state index in [0.29, 0.717) is 10.7 Å². The molecule has 0 amide bonds. The highest BCUT2D eigenvalue weighted by molar-refractivity contribution is 6.33. The van der Waals surface area contributed by atoms with E-state index in [0.717, 1.165) is 0 Å². The highest BCUT2D eigenvalue weighted by Gasteiger charge is 2.03. The van der Waals surface area contributed by atoms with Crippen LogP contribution in [0.3, 0.4) is 0 Å². The van der Waals surface area contributed by atoms with Gasteiger partial charge < -0.3 is 5.11 Å². The molecule has 0 spiro atoms. The summed E-state index contributed by atoms with van der Waals surface area (Å²) in [5.41, 5.74) is 2.85. The Hall–Kier alpha value is -0.930. The average Bonchev–Trinajstić information content (AvgIpc) is 1.97. The number of benzene rings is 1. The smallest absolute Gasteiger partial charge is 0.142 e. The maximum Gasteiger partial charge on any atom is 0.142 e. The van der Waals surface area contributed by atoms with E-state index in [1.165, 1.54) is 13.2 Å². The number of nitrogens with one attached hydrogen (secondary N) is 1. The number of para-hydroxylation sites is 1. The Morgan fingerprint density at radius 3 is 2.82 bits per heavy atom. The summed E-state index contributed by atoms with van der Waals surface area (Å²) in [6.45, 7) is 0. The van der Waals surface area contributed by atoms with Crippen molar-refractivity contribution in [3.05, 3.63) is 23.2 Å². The van der Waals surface area contributed by atoms with Crippen molar-refractivity contribution in [2.24, 2.45) is 0 Å². The Morgan fingerprint density at radius 1 is 1.55 bits per heavy atom. The van der Waals surface area contributed by atoms with Gasteiger partial charge in [0.15, 0.2) is 0 Å². The minimum atomic E-state index is 0.0688. The van der Waals surface area contributed by atoms with E-state index in [1.54, 1.807) is 12.1 Å². The van der Waals surface area contributed by atoms with Crippen LogP contribution in [0.15, 0.2) is 18.2 Å². The lowest BCUT2D eigenvalue weighted by Gasteiger charge is -2.06. The van der Waals surface area contributed by atoms with Gasteiger partial charge in [-0.15, -0.1) is 0 Å². The monoisotopic (exact) mass is 173 g/mol. The third kappa shape index (κ3) is 1.76. The van der Waals surface area contributed by atoms with Crippen molar-refractivity contribution >= 4 is 17.3 Å². The van der Waals surface area contributed by atoms with Crippen LogP contribution in [0.25, 0.3) is 0 Å². The predicted octanol–water partition coefficient (Wildman–Crippen LogP) is 2.02. The van der Waals surface area contributed by atoms with Crippen LogP contribution < -0.4 is 5.48 Å². The average molecular weight is 174 g/mol. The number of rotatable bonds is 2. The molecule has 0 radical (unpaired) electrons. The molecule has 0 unspecified atom stereocenters. The van der Waals surface area contributed by atoms with Gasteiger partial charge in [-0.2, -0.15) is 0 Å². The van der Waals surface area contributed by atoms with Gasteiger partial charge in [-0.3, -0.25) is 10.3 Å². The highest BCUT2D eigenvalue weighted by atomic mass is 35.5.